The van der Waals surface area contributed by atoms with Crippen LogP contribution in [0.4, 0.5) is 4.79 Å². The molecule has 6 heteroatoms. The number of aliphatic hydroxyl groups excluding tert-OH is 1. The molecule has 19 heavy (non-hydrogen) atoms. The molecule has 0 aliphatic carbocycles. The Morgan fingerprint density at radius 2 is 2.26 bits per heavy atom. The van der Waals surface area contributed by atoms with Crippen molar-refractivity contribution in [3.8, 4) is 0 Å². The Labute approximate surface area is 113 Å². The van der Waals surface area contributed by atoms with Crippen molar-refractivity contribution in [1.82, 2.24) is 10.2 Å². The second kappa shape index (κ2) is 7.78. The fourth-order valence-corrected chi connectivity index (χ4v) is 2.35. The van der Waals surface area contributed by atoms with E-state index in [0.29, 0.717) is 13.0 Å². The van der Waals surface area contributed by atoms with Gasteiger partial charge in [0, 0.05) is 19.2 Å². The lowest BCUT2D eigenvalue weighted by molar-refractivity contribution is -0.139. The molecule has 108 valence electrons. The van der Waals surface area contributed by atoms with Crippen LogP contribution in [0.25, 0.3) is 0 Å². The summed E-state index contributed by atoms with van der Waals surface area (Å²) in [5, 5.41) is 20.3. The fourth-order valence-electron chi connectivity index (χ4n) is 2.35. The van der Waals surface area contributed by atoms with E-state index in [4.69, 9.17) is 10.2 Å². The quantitative estimate of drug-likeness (QED) is 0.601. The molecule has 1 heterocycles. The average molecular weight is 270 g/mol. The van der Waals surface area contributed by atoms with E-state index in [1.165, 1.54) is 6.08 Å². The van der Waals surface area contributed by atoms with Crippen LogP contribution in [-0.4, -0.2) is 52.3 Å². The molecule has 0 spiro atoms. The number of nitrogens with one attached hydrogen (secondary N) is 1. The third-order valence-electron chi connectivity index (χ3n) is 3.33. The molecule has 1 aliphatic rings. The predicted octanol–water partition coefficient (Wildman–Crippen LogP) is 0.962. The molecule has 2 atom stereocenters. The minimum Gasteiger partial charge on any atom is -0.480 e. The summed E-state index contributed by atoms with van der Waals surface area (Å²) in [7, 11) is 0. The Bertz CT molecular complexity index is 333. The van der Waals surface area contributed by atoms with E-state index in [1.807, 2.05) is 0 Å². The molecule has 0 aromatic carbocycles. The zero-order chi connectivity index (χ0) is 14.3. The molecule has 1 fully saturated rings. The normalized spacial score (nSPS) is 20.1. The highest BCUT2D eigenvalue weighted by atomic mass is 16.4. The lowest BCUT2D eigenvalue weighted by atomic mass is 10.1. The molecular weight excluding hydrogens is 248 g/mol. The monoisotopic (exact) mass is 270 g/mol. The van der Waals surface area contributed by atoms with E-state index >= 15 is 0 Å². The Kier molecular flexibility index (Phi) is 6.35. The van der Waals surface area contributed by atoms with Crippen molar-refractivity contribution in [2.45, 2.75) is 44.2 Å². The number of rotatable bonds is 7. The second-order valence-electron chi connectivity index (χ2n) is 4.72. The molecule has 0 aromatic rings. The smallest absolute Gasteiger partial charge is 0.326 e. The van der Waals surface area contributed by atoms with Gasteiger partial charge in [0.25, 0.3) is 0 Å². The Hall–Kier alpha value is -1.56. The van der Waals surface area contributed by atoms with Gasteiger partial charge in [-0.1, -0.05) is 6.08 Å². The largest absolute Gasteiger partial charge is 0.480 e. The Morgan fingerprint density at radius 3 is 2.84 bits per heavy atom. The maximum Gasteiger partial charge on any atom is 0.326 e. The maximum atomic E-state index is 12.1. The lowest BCUT2D eigenvalue weighted by Crippen LogP contribution is -2.49. The van der Waals surface area contributed by atoms with Crippen LogP contribution in [0.15, 0.2) is 12.7 Å². The Morgan fingerprint density at radius 1 is 1.53 bits per heavy atom. The van der Waals surface area contributed by atoms with Crippen molar-refractivity contribution < 1.29 is 19.8 Å². The van der Waals surface area contributed by atoms with Crippen molar-refractivity contribution in [3.05, 3.63) is 12.7 Å². The van der Waals surface area contributed by atoms with Gasteiger partial charge in [-0.05, 0) is 32.1 Å². The van der Waals surface area contributed by atoms with Crippen LogP contribution < -0.4 is 5.32 Å². The van der Waals surface area contributed by atoms with Crippen LogP contribution in [-0.2, 0) is 4.79 Å². The molecule has 2 amide bonds. The summed E-state index contributed by atoms with van der Waals surface area (Å²) in [6, 6.07) is -1.16. The van der Waals surface area contributed by atoms with Gasteiger partial charge in [0.15, 0.2) is 0 Å². The SMILES string of the molecule is C=CCC(NC(=O)N1CCCC1CCCO)C(=O)O. The Balaban J connectivity index is 2.55. The van der Waals surface area contributed by atoms with Crippen molar-refractivity contribution in [2.75, 3.05) is 13.2 Å². The van der Waals surface area contributed by atoms with Crippen molar-refractivity contribution in [2.24, 2.45) is 0 Å². The standard InChI is InChI=1S/C13H22N2O4/c1-2-5-11(12(17)18)14-13(19)15-8-3-6-10(15)7-4-9-16/h2,10-11,16H,1,3-9H2,(H,14,19)(H,17,18). The number of hydrogen-bond donors (Lipinski definition) is 3. The summed E-state index contributed by atoms with van der Waals surface area (Å²) in [6.07, 6.45) is 4.92. The van der Waals surface area contributed by atoms with E-state index in [1.54, 1.807) is 4.90 Å². The van der Waals surface area contributed by atoms with Gasteiger partial charge in [-0.2, -0.15) is 0 Å². The number of carbonyl (C=O) groups is 2. The number of carboxylic acid groups (broad SMARTS) is 1. The number of aliphatic carboxylic acids is 1. The number of likely N-dealkylation sites (tertiary alicyclic amines) is 1. The zero-order valence-electron chi connectivity index (χ0n) is 11.0. The lowest BCUT2D eigenvalue weighted by Gasteiger charge is -2.26. The van der Waals surface area contributed by atoms with E-state index < -0.39 is 12.0 Å². The van der Waals surface area contributed by atoms with Crippen molar-refractivity contribution >= 4 is 12.0 Å². The molecule has 1 saturated heterocycles. The minimum atomic E-state index is -1.06. The molecule has 0 radical (unpaired) electrons. The van der Waals surface area contributed by atoms with Crippen LogP contribution in [0.2, 0.25) is 0 Å². The van der Waals surface area contributed by atoms with Gasteiger partial charge in [-0.15, -0.1) is 6.58 Å². The number of hydrogen-bond acceptors (Lipinski definition) is 3. The first-order valence-electron chi connectivity index (χ1n) is 6.61. The zero-order valence-corrected chi connectivity index (χ0v) is 11.0. The van der Waals surface area contributed by atoms with Crippen molar-refractivity contribution in [3.63, 3.8) is 0 Å². The van der Waals surface area contributed by atoms with Crippen LogP contribution in [0.3, 0.4) is 0 Å². The van der Waals surface area contributed by atoms with Crippen LogP contribution in [0.1, 0.15) is 32.1 Å². The van der Waals surface area contributed by atoms with Crippen LogP contribution in [0, 0.1) is 0 Å². The number of carbonyl (C=O) groups excluding carboxylic acids is 1. The van der Waals surface area contributed by atoms with E-state index in [9.17, 15) is 9.59 Å². The third-order valence-corrected chi connectivity index (χ3v) is 3.33. The fraction of sp³-hybridized carbons (Fsp3) is 0.692. The number of urea groups is 1. The molecule has 0 saturated carbocycles. The second-order valence-corrected chi connectivity index (χ2v) is 4.72. The summed E-state index contributed by atoms with van der Waals surface area (Å²) < 4.78 is 0. The van der Waals surface area contributed by atoms with E-state index in [2.05, 4.69) is 11.9 Å². The molecule has 1 rings (SSSR count). The first-order valence-corrected chi connectivity index (χ1v) is 6.61. The first kappa shape index (κ1) is 15.5. The summed E-state index contributed by atoms with van der Waals surface area (Å²) >= 11 is 0. The average Bonchev–Trinajstić information content (AvgIpc) is 2.83. The molecule has 1 aliphatic heterocycles. The highest BCUT2D eigenvalue weighted by molar-refractivity contribution is 5.83. The molecule has 0 bridgehead atoms. The number of nitrogens with zero attached hydrogens (tertiary/aromatic N) is 1. The van der Waals surface area contributed by atoms with Crippen molar-refractivity contribution in [1.29, 1.82) is 0 Å². The van der Waals surface area contributed by atoms with E-state index in [0.717, 1.165) is 19.3 Å². The van der Waals surface area contributed by atoms with E-state index in [-0.39, 0.29) is 25.1 Å². The number of carboxylic acids is 1. The molecular formula is C13H22N2O4. The van der Waals surface area contributed by atoms with Crippen LogP contribution >= 0.6 is 0 Å². The molecule has 0 aromatic heterocycles. The minimum absolute atomic E-state index is 0.102. The van der Waals surface area contributed by atoms with Gasteiger partial charge in [-0.3, -0.25) is 0 Å². The van der Waals surface area contributed by atoms with Gasteiger partial charge in [-0.25, -0.2) is 9.59 Å². The summed E-state index contributed by atoms with van der Waals surface area (Å²) in [4.78, 5) is 24.7. The van der Waals surface area contributed by atoms with Gasteiger partial charge in [0.1, 0.15) is 6.04 Å². The highest BCUT2D eigenvalue weighted by Crippen LogP contribution is 2.21. The number of aliphatic hydroxyl groups is 1. The number of amides is 2. The van der Waals surface area contributed by atoms with Gasteiger partial charge in [0.2, 0.25) is 0 Å². The molecule has 6 nitrogen and oxygen atoms in total. The van der Waals surface area contributed by atoms with Gasteiger partial charge < -0.3 is 20.4 Å². The first-order chi connectivity index (χ1) is 9.10. The summed E-state index contributed by atoms with van der Waals surface area (Å²) in [5.74, 6) is -1.06. The topological polar surface area (TPSA) is 89.9 Å². The highest BCUT2D eigenvalue weighted by Gasteiger charge is 2.30. The third kappa shape index (κ3) is 4.55. The molecule has 2 unspecified atom stereocenters. The van der Waals surface area contributed by atoms with Gasteiger partial charge in [0.05, 0.1) is 0 Å². The van der Waals surface area contributed by atoms with Crippen LogP contribution in [0.5, 0.6) is 0 Å². The summed E-state index contributed by atoms with van der Waals surface area (Å²) in [5.41, 5.74) is 0. The predicted molar refractivity (Wildman–Crippen MR) is 70.8 cm³/mol. The maximum absolute atomic E-state index is 12.1. The van der Waals surface area contributed by atoms with Gasteiger partial charge >= 0.3 is 12.0 Å². The summed E-state index contributed by atoms with van der Waals surface area (Å²) in [6.45, 7) is 4.24. The molecule has 3 N–H and O–H groups in total.